The number of nitrogens with zero attached hydrogens (tertiary/aromatic N) is 1. The number of ether oxygens (including phenoxy) is 1. The first-order chi connectivity index (χ1) is 16.9. The number of cyclic esters (lactones) is 1. The number of phenolic OH excluding ortho intramolecular Hbond substituents is 2. The predicted octanol–water partition coefficient (Wildman–Crippen LogP) is 3.46. The molecule has 1 heterocycles. The van der Waals surface area contributed by atoms with Gasteiger partial charge < -0.3 is 25.4 Å². The van der Waals surface area contributed by atoms with E-state index in [-0.39, 0.29) is 29.6 Å². The Morgan fingerprint density at radius 3 is 2.49 bits per heavy atom. The van der Waals surface area contributed by atoms with E-state index >= 15 is 0 Å². The van der Waals surface area contributed by atoms with E-state index < -0.39 is 12.6 Å². The van der Waals surface area contributed by atoms with Crippen molar-refractivity contribution in [2.45, 2.75) is 32.2 Å². The summed E-state index contributed by atoms with van der Waals surface area (Å²) in [5, 5.41) is 30.7. The summed E-state index contributed by atoms with van der Waals surface area (Å²) in [5.74, 6) is -1.33. The molecule has 35 heavy (non-hydrogen) atoms. The van der Waals surface area contributed by atoms with Gasteiger partial charge in [-0.05, 0) is 42.5 Å². The molecule has 0 fully saturated rings. The van der Waals surface area contributed by atoms with E-state index in [0.29, 0.717) is 24.9 Å². The monoisotopic (exact) mass is 480 g/mol. The minimum Gasteiger partial charge on any atom is -0.508 e. The summed E-state index contributed by atoms with van der Waals surface area (Å²) in [7, 11) is 1.67. The highest BCUT2D eigenvalue weighted by Gasteiger charge is 2.20. The molecule has 4 N–H and O–H groups in total. The number of fused-ring (bicyclic) bond motifs is 1. The van der Waals surface area contributed by atoms with Gasteiger partial charge in [-0.2, -0.15) is 0 Å². The van der Waals surface area contributed by atoms with Crippen LogP contribution in [0, 0.1) is 0 Å². The zero-order chi connectivity index (χ0) is 25.5. The van der Waals surface area contributed by atoms with Crippen molar-refractivity contribution < 1.29 is 29.6 Å². The molecule has 2 aromatic carbocycles. The zero-order valence-corrected chi connectivity index (χ0v) is 19.8. The summed E-state index contributed by atoms with van der Waals surface area (Å²) in [4.78, 5) is 27.1. The van der Waals surface area contributed by atoms with Crippen molar-refractivity contribution in [3.63, 3.8) is 0 Å². The number of allylic oxidation sites excluding steroid dienone is 3. The van der Waals surface area contributed by atoms with Crippen LogP contribution in [0.5, 0.6) is 11.5 Å². The van der Waals surface area contributed by atoms with Crippen LogP contribution in [-0.4, -0.2) is 53.2 Å². The average Bonchev–Trinajstić information content (AvgIpc) is 2.85. The number of hydrogen-bond donors (Lipinski definition) is 4. The Morgan fingerprint density at radius 1 is 1.06 bits per heavy atom. The van der Waals surface area contributed by atoms with Crippen LogP contribution in [0.4, 0.5) is 0 Å². The van der Waals surface area contributed by atoms with Crippen molar-refractivity contribution in [3.8, 4) is 11.5 Å². The number of phenols is 2. The van der Waals surface area contributed by atoms with Gasteiger partial charge in [0.15, 0.2) is 0 Å². The van der Waals surface area contributed by atoms with E-state index in [0.717, 1.165) is 30.2 Å². The van der Waals surface area contributed by atoms with E-state index in [2.05, 4.69) is 16.4 Å². The maximum absolute atomic E-state index is 12.3. The maximum atomic E-state index is 12.3. The normalized spacial score (nSPS) is 17.1. The number of amides is 1. The van der Waals surface area contributed by atoms with Crippen LogP contribution < -0.4 is 5.32 Å². The van der Waals surface area contributed by atoms with Gasteiger partial charge in [-0.25, -0.2) is 4.79 Å². The number of carbonyl (C=O) groups is 2. The van der Waals surface area contributed by atoms with E-state index in [4.69, 9.17) is 9.84 Å². The van der Waals surface area contributed by atoms with Crippen molar-refractivity contribution in [2.75, 3.05) is 20.3 Å². The zero-order valence-electron chi connectivity index (χ0n) is 19.8. The van der Waals surface area contributed by atoms with Crippen LogP contribution >= 0.6 is 0 Å². The Hall–Kier alpha value is -3.91. The first kappa shape index (κ1) is 27.3. The predicted molar refractivity (Wildman–Crippen MR) is 135 cm³/mol. The molecule has 0 aromatic heterocycles. The third-order valence-corrected chi connectivity index (χ3v) is 5.02. The topological polar surface area (TPSA) is 128 Å². The summed E-state index contributed by atoms with van der Waals surface area (Å²) in [6.45, 7) is 0.271. The highest BCUT2D eigenvalue weighted by atomic mass is 16.5. The molecule has 8 nitrogen and oxygen atoms in total. The summed E-state index contributed by atoms with van der Waals surface area (Å²) >= 11 is 0. The third kappa shape index (κ3) is 9.85. The number of hydrogen-bond acceptors (Lipinski definition) is 7. The molecule has 0 saturated heterocycles. The molecule has 0 saturated carbocycles. The molecular formula is C27H32N2O6. The van der Waals surface area contributed by atoms with Gasteiger partial charge in [-0.3, -0.25) is 9.79 Å². The molecule has 0 radical (unpaired) electrons. The lowest BCUT2D eigenvalue weighted by Gasteiger charge is -2.12. The fourth-order valence-electron chi connectivity index (χ4n) is 3.24. The number of benzene rings is 2. The Morgan fingerprint density at radius 2 is 1.77 bits per heavy atom. The lowest BCUT2D eigenvalue weighted by molar-refractivity contribution is -0.123. The fraction of sp³-hybridized carbons (Fsp3) is 0.296. The van der Waals surface area contributed by atoms with Crippen molar-refractivity contribution in [2.24, 2.45) is 4.99 Å². The lowest BCUT2D eigenvalue weighted by atomic mass is 9.99. The van der Waals surface area contributed by atoms with Crippen molar-refractivity contribution in [1.29, 1.82) is 0 Å². The Kier molecular flexibility index (Phi) is 11.8. The quantitative estimate of drug-likeness (QED) is 0.393. The number of aliphatic hydroxyl groups is 1. The van der Waals surface area contributed by atoms with Crippen LogP contribution in [0.25, 0.3) is 0 Å². The fourth-order valence-corrected chi connectivity index (χ4v) is 3.24. The van der Waals surface area contributed by atoms with Gasteiger partial charge in [0.2, 0.25) is 5.91 Å². The van der Waals surface area contributed by atoms with E-state index in [1.54, 1.807) is 7.05 Å². The molecule has 0 aliphatic carbocycles. The van der Waals surface area contributed by atoms with Gasteiger partial charge in [-0.1, -0.05) is 48.6 Å². The second-order valence-electron chi connectivity index (χ2n) is 7.69. The molecule has 0 bridgehead atoms. The average molecular weight is 481 g/mol. The first-order valence-electron chi connectivity index (χ1n) is 11.3. The van der Waals surface area contributed by atoms with Crippen LogP contribution in [0.2, 0.25) is 0 Å². The second kappa shape index (κ2) is 15.1. The molecule has 8 heteroatoms. The van der Waals surface area contributed by atoms with Crippen LogP contribution in [0.3, 0.4) is 0 Å². The molecule has 186 valence electrons. The van der Waals surface area contributed by atoms with Gasteiger partial charge in [0.25, 0.3) is 0 Å². The van der Waals surface area contributed by atoms with Crippen LogP contribution in [0.15, 0.2) is 71.8 Å². The van der Waals surface area contributed by atoms with Crippen molar-refractivity contribution >= 4 is 17.6 Å². The number of aliphatic hydroxyl groups excluding tert-OH is 1. The van der Waals surface area contributed by atoms with E-state index in [1.165, 1.54) is 6.07 Å². The van der Waals surface area contributed by atoms with Gasteiger partial charge >= 0.3 is 5.97 Å². The van der Waals surface area contributed by atoms with E-state index in [9.17, 15) is 19.8 Å². The molecule has 1 aliphatic heterocycles. The number of aromatic hydroxyl groups is 2. The Balaban J connectivity index is 0.000000303. The van der Waals surface area contributed by atoms with E-state index in [1.807, 2.05) is 48.6 Å². The molecule has 0 atom stereocenters. The van der Waals surface area contributed by atoms with Crippen LogP contribution in [0.1, 0.15) is 40.7 Å². The highest BCUT2D eigenvalue weighted by molar-refractivity contribution is 6.00. The summed E-state index contributed by atoms with van der Waals surface area (Å²) in [6.07, 6.45) is 10.7. The Bertz CT molecular complexity index is 1060. The largest absolute Gasteiger partial charge is 0.508 e. The molecule has 1 aliphatic rings. The molecule has 0 unspecified atom stereocenters. The molecule has 2 aromatic rings. The minimum atomic E-state index is -0.595. The van der Waals surface area contributed by atoms with Crippen molar-refractivity contribution in [3.05, 3.63) is 83.5 Å². The van der Waals surface area contributed by atoms with Gasteiger partial charge in [0.1, 0.15) is 23.7 Å². The first-order valence-corrected chi connectivity index (χ1v) is 11.3. The number of rotatable bonds is 3. The lowest BCUT2D eigenvalue weighted by Crippen LogP contribution is -2.25. The number of nitrogens with one attached hydrogen (secondary N) is 1. The molecule has 1 amide bonds. The summed E-state index contributed by atoms with van der Waals surface area (Å²) in [6, 6.07) is 12.1. The molecular weight excluding hydrogens is 448 g/mol. The second-order valence-corrected chi connectivity index (χ2v) is 7.69. The molecule has 3 rings (SSSR count). The molecule has 0 spiro atoms. The van der Waals surface area contributed by atoms with Gasteiger partial charge in [-0.15, -0.1) is 0 Å². The summed E-state index contributed by atoms with van der Waals surface area (Å²) < 4.78 is 5.21. The van der Waals surface area contributed by atoms with Gasteiger partial charge in [0.05, 0.1) is 6.61 Å². The summed E-state index contributed by atoms with van der Waals surface area (Å²) in [5.41, 5.74) is 2.35. The third-order valence-electron chi connectivity index (χ3n) is 5.02. The smallest absolute Gasteiger partial charge is 0.342 e. The van der Waals surface area contributed by atoms with Crippen molar-refractivity contribution in [1.82, 2.24) is 5.32 Å². The number of esters is 1. The number of carbonyl (C=O) groups excluding carboxylic acids is 2. The highest BCUT2D eigenvalue weighted by Crippen LogP contribution is 2.29. The Labute approximate surface area is 205 Å². The SMILES string of the molecule is CN=C1/C=C/CC/C=C/CCOC(=O)c2c(O)cc(O)cc2C1.O=C(CO)NCc1ccccc1. The maximum Gasteiger partial charge on any atom is 0.342 e. The standard InChI is InChI=1S/C18H21NO4.C9H11NO2/c1-19-14-8-6-4-2-3-5-7-9-23-18(22)17-13(10-14)11-15(20)12-16(17)21;11-7-9(12)10-6-8-4-2-1-3-5-8/h3,5-6,8,11-12,20-21H,2,4,7,9-10H2,1H3;1-5,11H,6-7H2,(H,10,12)/b5-3+,8-6+,19-14?;. The van der Waals surface area contributed by atoms with Gasteiger partial charge in [0, 0.05) is 31.8 Å². The van der Waals surface area contributed by atoms with Crippen LogP contribution in [-0.2, 0) is 22.5 Å². The number of aliphatic imine (C=N–C) groups is 1. The minimum absolute atomic E-state index is 0.0818.